The van der Waals surface area contributed by atoms with Crippen LogP contribution in [0.1, 0.15) is 44.2 Å². The van der Waals surface area contributed by atoms with Gasteiger partial charge in [-0.1, -0.05) is 36.8 Å². The molecule has 0 unspecified atom stereocenters. The van der Waals surface area contributed by atoms with E-state index in [1.165, 1.54) is 0 Å². The molecule has 0 saturated carbocycles. The van der Waals surface area contributed by atoms with Crippen LogP contribution in [0.2, 0.25) is 0 Å². The Balaban J connectivity index is 2.10. The van der Waals surface area contributed by atoms with E-state index in [1.807, 2.05) is 58.0 Å². The lowest BCUT2D eigenvalue weighted by molar-refractivity contribution is -0.157. The van der Waals surface area contributed by atoms with Gasteiger partial charge >= 0.3 is 5.97 Å². The Kier molecular flexibility index (Phi) is 6.18. The molecule has 3 atom stereocenters. The lowest BCUT2D eigenvalue weighted by atomic mass is 9.82. The highest BCUT2D eigenvalue weighted by atomic mass is 16.5. The number of ether oxygens (including phenoxy) is 1. The monoisotopic (exact) mass is 329 g/mol. The second-order valence-electron chi connectivity index (χ2n) is 6.62. The van der Waals surface area contributed by atoms with E-state index in [9.17, 15) is 9.59 Å². The molecule has 0 aliphatic heterocycles. The van der Waals surface area contributed by atoms with Crippen molar-refractivity contribution in [3.63, 3.8) is 0 Å². The van der Waals surface area contributed by atoms with E-state index in [1.54, 1.807) is 0 Å². The second kappa shape index (κ2) is 8.13. The van der Waals surface area contributed by atoms with Crippen LogP contribution in [-0.2, 0) is 14.3 Å². The molecule has 1 aromatic rings. The molecule has 130 valence electrons. The summed E-state index contributed by atoms with van der Waals surface area (Å²) < 4.78 is 5.46. The van der Waals surface area contributed by atoms with Crippen molar-refractivity contribution < 1.29 is 14.3 Å². The molecule has 4 nitrogen and oxygen atoms in total. The summed E-state index contributed by atoms with van der Waals surface area (Å²) >= 11 is 0. The summed E-state index contributed by atoms with van der Waals surface area (Å²) in [6, 6.07) is 5.91. The predicted octanol–water partition coefficient (Wildman–Crippen LogP) is 4.17. The summed E-state index contributed by atoms with van der Waals surface area (Å²) in [4.78, 5) is 25.1. The van der Waals surface area contributed by atoms with Crippen molar-refractivity contribution >= 4 is 17.6 Å². The standard InChI is InChI=1S/C20H27NO3/c1-5-15(4)24-20(23)17-9-7-6-8-16(17)19(22)21-18-11-10-13(2)12-14(18)3/h6-7,10-12,15-17H,5,8-9H2,1-4H3,(H,21,22)/t15-,16+,17-/m0/s1. The predicted molar refractivity (Wildman–Crippen MR) is 95.7 cm³/mol. The molecule has 1 aliphatic rings. The van der Waals surface area contributed by atoms with Gasteiger partial charge in [0.25, 0.3) is 0 Å². The molecule has 0 aromatic heterocycles. The van der Waals surface area contributed by atoms with Crippen LogP contribution in [-0.4, -0.2) is 18.0 Å². The van der Waals surface area contributed by atoms with Crippen LogP contribution in [0.4, 0.5) is 5.69 Å². The third-order valence-corrected chi connectivity index (χ3v) is 4.60. The maximum Gasteiger partial charge on any atom is 0.310 e. The lowest BCUT2D eigenvalue weighted by Crippen LogP contribution is -2.36. The van der Waals surface area contributed by atoms with Crippen LogP contribution in [0, 0.1) is 25.7 Å². The normalized spacial score (nSPS) is 21.2. The maximum absolute atomic E-state index is 12.7. The van der Waals surface area contributed by atoms with E-state index in [2.05, 4.69) is 5.32 Å². The van der Waals surface area contributed by atoms with E-state index in [4.69, 9.17) is 4.74 Å². The van der Waals surface area contributed by atoms with Crippen molar-refractivity contribution in [3.8, 4) is 0 Å². The van der Waals surface area contributed by atoms with Crippen LogP contribution in [0.25, 0.3) is 0 Å². The van der Waals surface area contributed by atoms with Gasteiger partial charge in [0.1, 0.15) is 0 Å². The van der Waals surface area contributed by atoms with Crippen molar-refractivity contribution in [2.45, 2.75) is 53.1 Å². The SMILES string of the molecule is CC[C@H](C)OC(=O)[C@H]1CC=CC[C@H]1C(=O)Nc1ccc(C)cc1C. The van der Waals surface area contributed by atoms with Crippen LogP contribution >= 0.6 is 0 Å². The van der Waals surface area contributed by atoms with Gasteiger partial charge in [0.05, 0.1) is 17.9 Å². The number of aryl methyl sites for hydroxylation is 2. The zero-order valence-electron chi connectivity index (χ0n) is 15.0. The second-order valence-corrected chi connectivity index (χ2v) is 6.62. The van der Waals surface area contributed by atoms with Gasteiger partial charge in [-0.3, -0.25) is 9.59 Å². The Morgan fingerprint density at radius 1 is 1.21 bits per heavy atom. The lowest BCUT2D eigenvalue weighted by Gasteiger charge is -2.27. The molecule has 1 amide bonds. The number of carbonyl (C=O) groups excluding carboxylic acids is 2. The van der Waals surface area contributed by atoms with Crippen LogP contribution < -0.4 is 5.32 Å². The Morgan fingerprint density at radius 3 is 2.50 bits per heavy atom. The molecule has 4 heteroatoms. The molecule has 2 rings (SSSR count). The first-order chi connectivity index (χ1) is 11.4. The van der Waals surface area contributed by atoms with Crippen molar-refractivity contribution in [1.82, 2.24) is 0 Å². The molecule has 1 aliphatic carbocycles. The fourth-order valence-electron chi connectivity index (χ4n) is 2.91. The smallest absolute Gasteiger partial charge is 0.310 e. The average molecular weight is 329 g/mol. The first-order valence-corrected chi connectivity index (χ1v) is 8.66. The minimum absolute atomic E-state index is 0.114. The molecule has 1 aromatic carbocycles. The number of carbonyl (C=O) groups is 2. The van der Waals surface area contributed by atoms with Crippen molar-refractivity contribution in [3.05, 3.63) is 41.5 Å². The highest BCUT2D eigenvalue weighted by molar-refractivity contribution is 5.96. The Morgan fingerprint density at radius 2 is 1.88 bits per heavy atom. The molecule has 0 radical (unpaired) electrons. The molecular formula is C20H27NO3. The first kappa shape index (κ1) is 18.2. The summed E-state index contributed by atoms with van der Waals surface area (Å²) in [7, 11) is 0. The van der Waals surface area contributed by atoms with E-state index < -0.39 is 5.92 Å². The van der Waals surface area contributed by atoms with Crippen molar-refractivity contribution in [2.24, 2.45) is 11.8 Å². The van der Waals surface area contributed by atoms with Gasteiger partial charge in [0, 0.05) is 5.69 Å². The fourth-order valence-corrected chi connectivity index (χ4v) is 2.91. The van der Waals surface area contributed by atoms with Gasteiger partial charge in [-0.25, -0.2) is 0 Å². The van der Waals surface area contributed by atoms with E-state index in [0.29, 0.717) is 12.8 Å². The summed E-state index contributed by atoms with van der Waals surface area (Å²) in [5.41, 5.74) is 2.98. The topological polar surface area (TPSA) is 55.4 Å². The van der Waals surface area contributed by atoms with E-state index in [0.717, 1.165) is 23.2 Å². The summed E-state index contributed by atoms with van der Waals surface area (Å²) in [6.07, 6.45) is 5.71. The summed E-state index contributed by atoms with van der Waals surface area (Å²) in [5.74, 6) is -1.17. The van der Waals surface area contributed by atoms with Gasteiger partial charge in [0.15, 0.2) is 0 Å². The maximum atomic E-state index is 12.7. The molecular weight excluding hydrogens is 302 g/mol. The van der Waals surface area contributed by atoms with E-state index >= 15 is 0 Å². The van der Waals surface area contributed by atoms with E-state index in [-0.39, 0.29) is 23.9 Å². The van der Waals surface area contributed by atoms with Gasteiger partial charge < -0.3 is 10.1 Å². The van der Waals surface area contributed by atoms with Gasteiger partial charge in [0.2, 0.25) is 5.91 Å². The zero-order valence-corrected chi connectivity index (χ0v) is 15.0. The number of nitrogens with one attached hydrogen (secondary N) is 1. The summed E-state index contributed by atoms with van der Waals surface area (Å²) in [5, 5.41) is 2.98. The van der Waals surface area contributed by atoms with Gasteiger partial charge in [-0.05, 0) is 51.7 Å². The number of esters is 1. The zero-order chi connectivity index (χ0) is 17.7. The number of allylic oxidation sites excluding steroid dienone is 2. The number of amides is 1. The van der Waals surface area contributed by atoms with Gasteiger partial charge in [-0.2, -0.15) is 0 Å². The molecule has 0 spiro atoms. The molecule has 1 N–H and O–H groups in total. The Labute approximate surface area is 144 Å². The molecule has 0 saturated heterocycles. The number of hydrogen-bond acceptors (Lipinski definition) is 3. The van der Waals surface area contributed by atoms with Crippen LogP contribution in [0.3, 0.4) is 0 Å². The third-order valence-electron chi connectivity index (χ3n) is 4.60. The number of rotatable bonds is 5. The Bertz CT molecular complexity index is 636. The van der Waals surface area contributed by atoms with Crippen LogP contribution in [0.5, 0.6) is 0 Å². The minimum Gasteiger partial charge on any atom is -0.462 e. The average Bonchev–Trinajstić information content (AvgIpc) is 2.57. The number of hydrogen-bond donors (Lipinski definition) is 1. The molecule has 0 heterocycles. The fraction of sp³-hybridized carbons (Fsp3) is 0.500. The largest absolute Gasteiger partial charge is 0.462 e. The highest BCUT2D eigenvalue weighted by Gasteiger charge is 2.35. The Hall–Kier alpha value is -2.10. The van der Waals surface area contributed by atoms with Crippen molar-refractivity contribution in [2.75, 3.05) is 5.32 Å². The minimum atomic E-state index is -0.408. The van der Waals surface area contributed by atoms with Crippen LogP contribution in [0.15, 0.2) is 30.4 Å². The van der Waals surface area contributed by atoms with Crippen molar-refractivity contribution in [1.29, 1.82) is 0 Å². The number of benzene rings is 1. The number of anilines is 1. The van der Waals surface area contributed by atoms with Gasteiger partial charge in [-0.15, -0.1) is 0 Å². The molecule has 0 fully saturated rings. The highest BCUT2D eigenvalue weighted by Crippen LogP contribution is 2.29. The quantitative estimate of drug-likeness (QED) is 0.652. The first-order valence-electron chi connectivity index (χ1n) is 8.66. The molecule has 24 heavy (non-hydrogen) atoms. The summed E-state index contributed by atoms with van der Waals surface area (Å²) in [6.45, 7) is 7.84. The third kappa shape index (κ3) is 4.47. The molecule has 0 bridgehead atoms.